The van der Waals surface area contributed by atoms with Crippen LogP contribution in [0.5, 0.6) is 0 Å². The van der Waals surface area contributed by atoms with Crippen LogP contribution in [-0.2, 0) is 0 Å². The molecule has 0 unspecified atom stereocenters. The number of aryl methyl sites for hydroxylation is 1. The molecule has 0 aliphatic carbocycles. The molecule has 0 amide bonds. The Hall–Kier alpha value is -1.09. The fourth-order valence-electron chi connectivity index (χ4n) is 2.65. The van der Waals surface area contributed by atoms with Crippen molar-refractivity contribution >= 4 is 5.82 Å². The van der Waals surface area contributed by atoms with E-state index in [1.807, 2.05) is 0 Å². The highest BCUT2D eigenvalue weighted by Gasteiger charge is 2.13. The van der Waals surface area contributed by atoms with Gasteiger partial charge in [-0.25, -0.2) is 4.98 Å². The summed E-state index contributed by atoms with van der Waals surface area (Å²) in [6, 6.07) is 4.43. The van der Waals surface area contributed by atoms with E-state index in [0.29, 0.717) is 0 Å². The molecule has 0 radical (unpaired) electrons. The Bertz CT molecular complexity index is 381. The molecule has 18 heavy (non-hydrogen) atoms. The summed E-state index contributed by atoms with van der Waals surface area (Å²) in [5.41, 5.74) is 8.37. The Morgan fingerprint density at radius 2 is 1.89 bits per heavy atom. The number of rotatable bonds is 3. The Morgan fingerprint density at radius 1 is 1.22 bits per heavy atom. The van der Waals surface area contributed by atoms with Gasteiger partial charge in [0.2, 0.25) is 0 Å². The quantitative estimate of drug-likeness (QED) is 0.892. The van der Waals surface area contributed by atoms with Crippen LogP contribution in [0.25, 0.3) is 0 Å². The van der Waals surface area contributed by atoms with Crippen molar-refractivity contribution in [3.63, 3.8) is 0 Å². The summed E-state index contributed by atoms with van der Waals surface area (Å²) in [6.45, 7) is 6.48. The number of nitrogens with two attached hydrogens (primary N) is 1. The number of aromatic nitrogens is 1. The molecule has 1 aliphatic rings. The number of nitrogens with zero attached hydrogens (tertiary/aromatic N) is 2. The van der Waals surface area contributed by atoms with Crippen LogP contribution in [-0.4, -0.2) is 18.1 Å². The van der Waals surface area contributed by atoms with Crippen LogP contribution in [0.15, 0.2) is 12.1 Å². The first-order valence-corrected chi connectivity index (χ1v) is 7.20. The van der Waals surface area contributed by atoms with E-state index in [-0.39, 0.29) is 6.04 Å². The van der Waals surface area contributed by atoms with Crippen molar-refractivity contribution in [2.24, 2.45) is 5.73 Å². The molecule has 0 spiro atoms. The maximum atomic E-state index is 6.10. The van der Waals surface area contributed by atoms with Crippen molar-refractivity contribution in [3.8, 4) is 0 Å². The van der Waals surface area contributed by atoms with E-state index in [9.17, 15) is 0 Å². The van der Waals surface area contributed by atoms with Gasteiger partial charge in [-0.05, 0) is 37.8 Å². The van der Waals surface area contributed by atoms with Gasteiger partial charge in [-0.1, -0.05) is 25.8 Å². The number of hydrogen-bond acceptors (Lipinski definition) is 3. The minimum absolute atomic E-state index is 0.121. The molecule has 1 saturated heterocycles. The van der Waals surface area contributed by atoms with Crippen molar-refractivity contribution in [2.45, 2.75) is 52.0 Å². The summed E-state index contributed by atoms with van der Waals surface area (Å²) in [5.74, 6) is 1.13. The molecule has 2 N–H and O–H groups in total. The van der Waals surface area contributed by atoms with Crippen molar-refractivity contribution in [1.29, 1.82) is 0 Å². The third-order valence-corrected chi connectivity index (χ3v) is 3.88. The van der Waals surface area contributed by atoms with Gasteiger partial charge in [0.1, 0.15) is 5.82 Å². The number of pyridine rings is 1. The average Bonchev–Trinajstić information content (AvgIpc) is 2.66. The monoisotopic (exact) mass is 247 g/mol. The van der Waals surface area contributed by atoms with Crippen LogP contribution in [0, 0.1) is 6.92 Å². The molecule has 3 heteroatoms. The van der Waals surface area contributed by atoms with E-state index < -0.39 is 0 Å². The minimum Gasteiger partial charge on any atom is -0.357 e. The Morgan fingerprint density at radius 3 is 2.44 bits per heavy atom. The van der Waals surface area contributed by atoms with Crippen molar-refractivity contribution in [2.75, 3.05) is 18.0 Å². The predicted octanol–water partition coefficient (Wildman–Crippen LogP) is 3.18. The van der Waals surface area contributed by atoms with Gasteiger partial charge >= 0.3 is 0 Å². The van der Waals surface area contributed by atoms with E-state index in [1.54, 1.807) is 0 Å². The predicted molar refractivity (Wildman–Crippen MR) is 76.9 cm³/mol. The lowest BCUT2D eigenvalue weighted by atomic mass is 10.0. The van der Waals surface area contributed by atoms with Gasteiger partial charge in [0.25, 0.3) is 0 Å². The maximum absolute atomic E-state index is 6.10. The van der Waals surface area contributed by atoms with Gasteiger partial charge in [-0.2, -0.15) is 0 Å². The SMILES string of the molecule is CC[C@H](N)c1ccc(N2CCCCCC2)nc1C. The molecule has 1 aromatic heterocycles. The normalized spacial score (nSPS) is 18.5. The Kier molecular flexibility index (Phi) is 4.59. The van der Waals surface area contributed by atoms with Crippen LogP contribution in [0.1, 0.15) is 56.3 Å². The molecule has 1 atom stereocenters. The van der Waals surface area contributed by atoms with E-state index in [4.69, 9.17) is 10.7 Å². The van der Waals surface area contributed by atoms with Crippen molar-refractivity contribution in [3.05, 3.63) is 23.4 Å². The fourth-order valence-corrected chi connectivity index (χ4v) is 2.65. The standard InChI is InChI=1S/C15H25N3/c1-3-14(16)13-8-9-15(17-12(13)2)18-10-6-4-5-7-11-18/h8-9,14H,3-7,10-11,16H2,1-2H3/t14-/m0/s1. The third kappa shape index (κ3) is 3.02. The molecule has 2 heterocycles. The highest BCUT2D eigenvalue weighted by atomic mass is 15.2. The highest BCUT2D eigenvalue weighted by Crippen LogP contribution is 2.22. The van der Waals surface area contributed by atoms with Gasteiger partial charge in [0.15, 0.2) is 0 Å². The Labute approximate surface area is 110 Å². The second-order valence-electron chi connectivity index (χ2n) is 5.26. The van der Waals surface area contributed by atoms with Gasteiger partial charge in [0, 0.05) is 24.8 Å². The van der Waals surface area contributed by atoms with E-state index in [1.165, 1.54) is 31.2 Å². The van der Waals surface area contributed by atoms with E-state index in [0.717, 1.165) is 31.0 Å². The summed E-state index contributed by atoms with van der Waals surface area (Å²) in [4.78, 5) is 7.17. The molecule has 100 valence electrons. The average molecular weight is 247 g/mol. The smallest absolute Gasteiger partial charge is 0.128 e. The highest BCUT2D eigenvalue weighted by molar-refractivity contribution is 5.42. The van der Waals surface area contributed by atoms with E-state index in [2.05, 4.69) is 30.9 Å². The Balaban J connectivity index is 2.16. The molecular formula is C15H25N3. The van der Waals surface area contributed by atoms with Gasteiger partial charge in [0.05, 0.1) is 0 Å². The first-order chi connectivity index (χ1) is 8.72. The fraction of sp³-hybridized carbons (Fsp3) is 0.667. The molecule has 1 fully saturated rings. The van der Waals surface area contributed by atoms with E-state index >= 15 is 0 Å². The van der Waals surface area contributed by atoms with Crippen LogP contribution >= 0.6 is 0 Å². The summed E-state index contributed by atoms with van der Waals surface area (Å²) in [6.07, 6.45) is 6.25. The first kappa shape index (κ1) is 13.3. The number of hydrogen-bond donors (Lipinski definition) is 1. The second kappa shape index (κ2) is 6.19. The molecule has 2 rings (SSSR count). The second-order valence-corrected chi connectivity index (χ2v) is 5.26. The van der Waals surface area contributed by atoms with Crippen LogP contribution in [0.3, 0.4) is 0 Å². The lowest BCUT2D eigenvalue weighted by Crippen LogP contribution is -2.25. The maximum Gasteiger partial charge on any atom is 0.128 e. The van der Waals surface area contributed by atoms with Gasteiger partial charge in [-0.3, -0.25) is 0 Å². The zero-order chi connectivity index (χ0) is 13.0. The molecule has 1 aromatic rings. The third-order valence-electron chi connectivity index (χ3n) is 3.88. The van der Waals surface area contributed by atoms with Crippen LogP contribution < -0.4 is 10.6 Å². The summed E-state index contributed by atoms with van der Waals surface area (Å²) in [7, 11) is 0. The van der Waals surface area contributed by atoms with Crippen LogP contribution in [0.2, 0.25) is 0 Å². The largest absolute Gasteiger partial charge is 0.357 e. The lowest BCUT2D eigenvalue weighted by Gasteiger charge is -2.23. The zero-order valence-electron chi connectivity index (χ0n) is 11.7. The van der Waals surface area contributed by atoms with Gasteiger partial charge < -0.3 is 10.6 Å². The summed E-state index contributed by atoms with van der Waals surface area (Å²) >= 11 is 0. The topological polar surface area (TPSA) is 42.1 Å². The first-order valence-electron chi connectivity index (χ1n) is 7.20. The van der Waals surface area contributed by atoms with Gasteiger partial charge in [-0.15, -0.1) is 0 Å². The minimum atomic E-state index is 0.121. The zero-order valence-corrected chi connectivity index (χ0v) is 11.7. The molecule has 0 aromatic carbocycles. The molecule has 0 saturated carbocycles. The van der Waals surface area contributed by atoms with Crippen molar-refractivity contribution < 1.29 is 0 Å². The molecule has 1 aliphatic heterocycles. The summed E-state index contributed by atoms with van der Waals surface area (Å²) in [5, 5.41) is 0. The summed E-state index contributed by atoms with van der Waals surface area (Å²) < 4.78 is 0. The lowest BCUT2D eigenvalue weighted by molar-refractivity contribution is 0.686. The molecular weight excluding hydrogens is 222 g/mol. The van der Waals surface area contributed by atoms with Crippen LogP contribution in [0.4, 0.5) is 5.82 Å². The molecule has 0 bridgehead atoms. The van der Waals surface area contributed by atoms with Crippen molar-refractivity contribution in [1.82, 2.24) is 4.98 Å². The molecule has 3 nitrogen and oxygen atoms in total. The number of anilines is 1.